The van der Waals surface area contributed by atoms with Crippen LogP contribution in [0.5, 0.6) is 0 Å². The van der Waals surface area contributed by atoms with Gasteiger partial charge in [0.25, 0.3) is 0 Å². The van der Waals surface area contributed by atoms with Crippen molar-refractivity contribution in [2.45, 2.75) is 112 Å². The number of carbonyl (C=O) groups excluding carboxylic acids is 1. The van der Waals surface area contributed by atoms with Crippen LogP contribution >= 0.6 is 0 Å². The minimum absolute atomic E-state index is 0.0207. The third-order valence-electron chi connectivity index (χ3n) is 8.02. The Morgan fingerprint density at radius 2 is 1.81 bits per heavy atom. The van der Waals surface area contributed by atoms with Gasteiger partial charge in [-0.3, -0.25) is 9.79 Å². The van der Waals surface area contributed by atoms with Crippen LogP contribution in [0.4, 0.5) is 0 Å². The van der Waals surface area contributed by atoms with Crippen LogP contribution in [0.3, 0.4) is 0 Å². The number of amidine groups is 1. The third-order valence-corrected chi connectivity index (χ3v) is 8.02. The number of carbonyl (C=O) groups is 1. The molecule has 1 amide bonds. The molecule has 2 saturated heterocycles. The quantitative estimate of drug-likeness (QED) is 0.0728. The maximum Gasteiger partial charge on any atom is 0.249 e. The number of hydrogen-bond acceptors (Lipinski definition) is 15. The van der Waals surface area contributed by atoms with Crippen LogP contribution in [0.25, 0.3) is 0 Å². The number of amides is 1. The van der Waals surface area contributed by atoms with Crippen LogP contribution in [-0.4, -0.2) is 144 Å². The van der Waals surface area contributed by atoms with Crippen molar-refractivity contribution in [1.29, 1.82) is 0 Å². The molecule has 0 spiro atoms. The zero-order chi connectivity index (χ0) is 31.2. The first-order chi connectivity index (χ1) is 19.8. The number of ether oxygens (including phenoxy) is 4. The smallest absolute Gasteiger partial charge is 0.249 e. The number of nitrogens with two attached hydrogens (primary N) is 5. The number of aliphatic hydroxyl groups excluding tert-OH is 3. The van der Waals surface area contributed by atoms with Crippen molar-refractivity contribution in [1.82, 2.24) is 10.6 Å². The molecule has 1 saturated carbocycles. The van der Waals surface area contributed by atoms with Crippen molar-refractivity contribution in [3.05, 3.63) is 0 Å². The van der Waals surface area contributed by atoms with E-state index in [0.29, 0.717) is 12.8 Å². The molecule has 42 heavy (non-hydrogen) atoms. The first-order valence-corrected chi connectivity index (χ1v) is 14.3. The average molecular weight is 607 g/mol. The molecule has 3 rings (SSSR count). The van der Waals surface area contributed by atoms with Gasteiger partial charge < -0.3 is 78.7 Å². The Hall–Kier alpha value is -1.58. The topological polar surface area (TPSA) is 301 Å². The van der Waals surface area contributed by atoms with Gasteiger partial charge in [0.2, 0.25) is 5.91 Å². The predicted octanol–water partition coefficient (Wildman–Crippen LogP) is -5.75. The Kier molecular flexibility index (Phi) is 12.8. The summed E-state index contributed by atoms with van der Waals surface area (Å²) in [5.41, 5.74) is 28.0. The number of likely N-dealkylation sites (N-methyl/N-ethyl adjacent to an activating group) is 1. The van der Waals surface area contributed by atoms with Gasteiger partial charge >= 0.3 is 0 Å². The summed E-state index contributed by atoms with van der Waals surface area (Å²) in [6, 6.07) is -3.08. The molecule has 3 fully saturated rings. The van der Waals surface area contributed by atoms with Crippen LogP contribution in [-0.2, 0) is 23.7 Å². The molecule has 17 nitrogen and oxygen atoms in total. The predicted molar refractivity (Wildman–Crippen MR) is 151 cm³/mol. The summed E-state index contributed by atoms with van der Waals surface area (Å²) in [5.74, 6) is -0.439. The second kappa shape index (κ2) is 15.4. The molecule has 13 atom stereocenters. The van der Waals surface area contributed by atoms with E-state index in [9.17, 15) is 25.2 Å². The fraction of sp³-hybridized carbons (Fsp3) is 0.920. The Morgan fingerprint density at radius 1 is 1.12 bits per heavy atom. The molecule has 16 N–H and O–H groups in total. The van der Waals surface area contributed by atoms with Crippen LogP contribution < -0.4 is 39.3 Å². The molecule has 3 aliphatic rings. The summed E-state index contributed by atoms with van der Waals surface area (Å²) >= 11 is 0. The standard InChI is InChI=1S/C25H50N8O9/c1-25(38)10-39-24(18(36)21(25)31-2)42-20-14(33-22(37)15(34)5-6-26)7-13(29)19(17(20)35)41-23-12(28)4-3-11(40-23)9-32-16(30)8-27/h11-15,17-21,23-24,31,34-36,38H,3-10,26-29H2,1-2H3,(H2,30,32)(H,33,37). The van der Waals surface area contributed by atoms with Gasteiger partial charge in [0.15, 0.2) is 12.6 Å². The zero-order valence-electron chi connectivity index (χ0n) is 24.2. The van der Waals surface area contributed by atoms with Crippen LogP contribution in [0.15, 0.2) is 4.99 Å². The highest BCUT2D eigenvalue weighted by Gasteiger charge is 2.52. The summed E-state index contributed by atoms with van der Waals surface area (Å²) in [6.45, 7) is 1.77. The SMILES string of the molecule is CNC1C(O)C(OC2C(NC(=O)C(O)CCN)CC(N)C(OC3OC(CN=C(N)CN)CCC3N)C2O)OCC1(C)O. The van der Waals surface area contributed by atoms with Crippen LogP contribution in [0, 0.1) is 0 Å². The number of aliphatic imine (C=N–C) groups is 1. The van der Waals surface area contributed by atoms with E-state index in [0.717, 1.165) is 0 Å². The Labute approximate surface area is 245 Å². The molecule has 0 radical (unpaired) electrons. The number of nitrogens with one attached hydrogen (secondary N) is 2. The van der Waals surface area contributed by atoms with E-state index in [4.69, 9.17) is 47.6 Å². The molecule has 1 aliphatic carbocycles. The number of rotatable bonds is 12. The van der Waals surface area contributed by atoms with Gasteiger partial charge in [0, 0.05) is 6.04 Å². The van der Waals surface area contributed by atoms with E-state index in [1.165, 1.54) is 6.92 Å². The van der Waals surface area contributed by atoms with Crippen molar-refractivity contribution in [2.75, 3.05) is 33.3 Å². The van der Waals surface area contributed by atoms with Crippen LogP contribution in [0.1, 0.15) is 32.6 Å². The fourth-order valence-electron chi connectivity index (χ4n) is 5.60. The second-order valence-electron chi connectivity index (χ2n) is 11.5. The van der Waals surface area contributed by atoms with E-state index < -0.39 is 78.8 Å². The number of aliphatic hydroxyl groups is 4. The van der Waals surface area contributed by atoms with Gasteiger partial charge in [-0.1, -0.05) is 0 Å². The van der Waals surface area contributed by atoms with E-state index in [-0.39, 0.29) is 51.0 Å². The summed E-state index contributed by atoms with van der Waals surface area (Å²) < 4.78 is 23.9. The first kappa shape index (κ1) is 34.9. The minimum atomic E-state index is -1.46. The Bertz CT molecular complexity index is 902. The molecule has 13 unspecified atom stereocenters. The molecule has 0 aromatic heterocycles. The van der Waals surface area contributed by atoms with Gasteiger partial charge in [0.05, 0.1) is 43.9 Å². The van der Waals surface area contributed by atoms with Crippen molar-refractivity contribution < 1.29 is 44.2 Å². The largest absolute Gasteiger partial charge is 0.388 e. The van der Waals surface area contributed by atoms with E-state index >= 15 is 0 Å². The van der Waals surface area contributed by atoms with Gasteiger partial charge in [-0.05, 0) is 46.2 Å². The molecule has 0 bridgehead atoms. The normalized spacial score (nSPS) is 42.2. The fourth-order valence-corrected chi connectivity index (χ4v) is 5.60. The molecule has 2 heterocycles. The van der Waals surface area contributed by atoms with Gasteiger partial charge in [-0.15, -0.1) is 0 Å². The summed E-state index contributed by atoms with van der Waals surface area (Å²) in [7, 11) is 1.57. The zero-order valence-corrected chi connectivity index (χ0v) is 24.2. The maximum absolute atomic E-state index is 12.7. The monoisotopic (exact) mass is 606 g/mol. The third kappa shape index (κ3) is 8.53. The van der Waals surface area contributed by atoms with Crippen molar-refractivity contribution in [2.24, 2.45) is 33.7 Å². The summed E-state index contributed by atoms with van der Waals surface area (Å²) in [4.78, 5) is 16.9. The van der Waals surface area contributed by atoms with Crippen molar-refractivity contribution in [3.63, 3.8) is 0 Å². The van der Waals surface area contributed by atoms with Crippen molar-refractivity contribution in [3.8, 4) is 0 Å². The molecular weight excluding hydrogens is 556 g/mol. The van der Waals surface area contributed by atoms with Crippen LogP contribution in [0.2, 0.25) is 0 Å². The molecule has 244 valence electrons. The van der Waals surface area contributed by atoms with Gasteiger partial charge in [-0.25, -0.2) is 0 Å². The first-order valence-electron chi connectivity index (χ1n) is 14.3. The molecule has 2 aliphatic heterocycles. The van der Waals surface area contributed by atoms with Gasteiger partial charge in [-0.2, -0.15) is 0 Å². The highest BCUT2D eigenvalue weighted by molar-refractivity contribution is 5.82. The molecule has 17 heteroatoms. The van der Waals surface area contributed by atoms with E-state index in [2.05, 4.69) is 15.6 Å². The lowest BCUT2D eigenvalue weighted by atomic mass is 9.83. The van der Waals surface area contributed by atoms with Crippen molar-refractivity contribution >= 4 is 11.7 Å². The lowest BCUT2D eigenvalue weighted by molar-refractivity contribution is -0.307. The van der Waals surface area contributed by atoms with E-state index in [1.54, 1.807) is 7.05 Å². The Morgan fingerprint density at radius 3 is 2.45 bits per heavy atom. The van der Waals surface area contributed by atoms with E-state index in [1.807, 2.05) is 0 Å². The highest BCUT2D eigenvalue weighted by atomic mass is 16.7. The Balaban J connectivity index is 1.80. The molecule has 0 aromatic carbocycles. The lowest BCUT2D eigenvalue weighted by Gasteiger charge is -2.49. The summed E-state index contributed by atoms with van der Waals surface area (Å²) in [5, 5.41) is 48.8. The number of nitrogens with zero attached hydrogens (tertiary/aromatic N) is 1. The minimum Gasteiger partial charge on any atom is -0.388 e. The molecule has 0 aromatic rings. The van der Waals surface area contributed by atoms with Gasteiger partial charge in [0.1, 0.15) is 42.0 Å². The second-order valence-corrected chi connectivity index (χ2v) is 11.5. The lowest BCUT2D eigenvalue weighted by Crippen LogP contribution is -2.69. The maximum atomic E-state index is 12.7. The number of hydrogen-bond donors (Lipinski definition) is 11. The highest BCUT2D eigenvalue weighted by Crippen LogP contribution is 2.32. The average Bonchev–Trinajstić information content (AvgIpc) is 2.94. The summed E-state index contributed by atoms with van der Waals surface area (Å²) in [6.07, 6.45) is -7.82. The molecular formula is C25H50N8O9.